The van der Waals surface area contributed by atoms with Crippen LogP contribution in [0.2, 0.25) is 0 Å². The number of hydrogen-bond donors (Lipinski definition) is 2. The van der Waals surface area contributed by atoms with Gasteiger partial charge in [0.15, 0.2) is 0 Å². The Bertz CT molecular complexity index is 1990. The number of amides is 4. The first-order valence-electron chi connectivity index (χ1n) is 18.4. The van der Waals surface area contributed by atoms with E-state index >= 15 is 0 Å². The van der Waals surface area contributed by atoms with E-state index in [1.54, 1.807) is 18.5 Å². The molecule has 2 aromatic carbocycles. The number of carbonyl (C=O) groups is 4. The summed E-state index contributed by atoms with van der Waals surface area (Å²) in [6.45, 7) is 6.62. The number of carbonyl (C=O) groups excluding carboxylic acids is 4. The first kappa shape index (κ1) is 40.2. The smallest absolute Gasteiger partial charge is 0.262 e. The molecule has 296 valence electrons. The van der Waals surface area contributed by atoms with E-state index in [0.717, 1.165) is 32.7 Å². The Morgan fingerprint density at radius 2 is 1.34 bits per heavy atom. The van der Waals surface area contributed by atoms with Gasteiger partial charge < -0.3 is 38.5 Å². The predicted molar refractivity (Wildman–Crippen MR) is 202 cm³/mol. The molecular formula is C40H45N5O11. The summed E-state index contributed by atoms with van der Waals surface area (Å²) in [6.07, 6.45) is 5.54. The van der Waals surface area contributed by atoms with Crippen LogP contribution in [0.1, 0.15) is 39.1 Å². The van der Waals surface area contributed by atoms with E-state index < -0.39 is 29.7 Å². The lowest BCUT2D eigenvalue weighted by atomic mass is 10.0. The molecule has 1 saturated heterocycles. The number of pyridine rings is 2. The first-order chi connectivity index (χ1) is 27.4. The maximum atomic E-state index is 12.9. The minimum atomic E-state index is -1.01. The molecule has 4 aromatic rings. The number of anilines is 2. The zero-order valence-corrected chi connectivity index (χ0v) is 31.2. The van der Waals surface area contributed by atoms with Crippen molar-refractivity contribution in [2.45, 2.75) is 25.8 Å². The van der Waals surface area contributed by atoms with E-state index in [1.165, 1.54) is 12.1 Å². The van der Waals surface area contributed by atoms with Crippen LogP contribution in [-0.2, 0) is 33.3 Å². The van der Waals surface area contributed by atoms with Gasteiger partial charge >= 0.3 is 0 Å². The van der Waals surface area contributed by atoms with Crippen LogP contribution in [0.4, 0.5) is 11.5 Å². The molecule has 16 heteroatoms. The summed E-state index contributed by atoms with van der Waals surface area (Å²) in [5.74, 6) is -0.404. The van der Waals surface area contributed by atoms with Gasteiger partial charge in [-0.3, -0.25) is 34.4 Å². The SMILES string of the molecule is Cc1cnc(Nc2ccc3cnccc3c2)cc1OCCOCCOCCOCCOCCOCCOc1ccc2c(c1)C(=O)N(C1CCC(=O)NC1=O)C2=O. The van der Waals surface area contributed by atoms with Crippen LogP contribution in [0.3, 0.4) is 0 Å². The van der Waals surface area contributed by atoms with E-state index in [1.807, 2.05) is 37.4 Å². The number of rotatable bonds is 23. The molecule has 6 rings (SSSR count). The lowest BCUT2D eigenvalue weighted by Gasteiger charge is -2.27. The van der Waals surface area contributed by atoms with Crippen molar-refractivity contribution in [3.63, 3.8) is 0 Å². The molecule has 1 unspecified atom stereocenters. The average Bonchev–Trinajstić information content (AvgIpc) is 3.44. The monoisotopic (exact) mass is 771 g/mol. The fraction of sp³-hybridized carbons (Fsp3) is 0.400. The van der Waals surface area contributed by atoms with Gasteiger partial charge in [0.1, 0.15) is 36.6 Å². The number of hydrogen-bond acceptors (Lipinski definition) is 14. The van der Waals surface area contributed by atoms with Crippen molar-refractivity contribution in [3.05, 3.63) is 83.8 Å². The summed E-state index contributed by atoms with van der Waals surface area (Å²) in [5, 5.41) is 7.68. The summed E-state index contributed by atoms with van der Waals surface area (Å²) in [4.78, 5) is 59.0. The quantitative estimate of drug-likeness (QED) is 0.0823. The first-order valence-corrected chi connectivity index (χ1v) is 18.4. The molecule has 2 N–H and O–H groups in total. The topological polar surface area (TPSA) is 186 Å². The predicted octanol–water partition coefficient (Wildman–Crippen LogP) is 3.62. The summed E-state index contributed by atoms with van der Waals surface area (Å²) in [7, 11) is 0. The number of aryl methyl sites for hydroxylation is 1. The molecule has 2 aliphatic heterocycles. The van der Waals surface area contributed by atoms with E-state index in [4.69, 9.17) is 33.2 Å². The second-order valence-electron chi connectivity index (χ2n) is 12.8. The lowest BCUT2D eigenvalue weighted by Crippen LogP contribution is -2.54. The molecular weight excluding hydrogens is 726 g/mol. The number of nitrogens with zero attached hydrogens (tertiary/aromatic N) is 3. The van der Waals surface area contributed by atoms with Crippen molar-refractivity contribution >= 4 is 45.9 Å². The lowest BCUT2D eigenvalue weighted by molar-refractivity contribution is -0.136. The van der Waals surface area contributed by atoms with Crippen LogP contribution in [0, 0.1) is 6.92 Å². The number of nitrogens with one attached hydrogen (secondary N) is 2. The Kier molecular flexibility index (Phi) is 14.6. The van der Waals surface area contributed by atoms with Crippen LogP contribution in [0.5, 0.6) is 11.5 Å². The van der Waals surface area contributed by atoms with Gasteiger partial charge in [-0.25, -0.2) is 4.98 Å². The highest BCUT2D eigenvalue weighted by molar-refractivity contribution is 6.23. The zero-order valence-electron chi connectivity index (χ0n) is 31.2. The van der Waals surface area contributed by atoms with Crippen molar-refractivity contribution in [3.8, 4) is 11.5 Å². The molecule has 1 atom stereocenters. The fourth-order valence-corrected chi connectivity index (χ4v) is 5.99. The highest BCUT2D eigenvalue weighted by Gasteiger charge is 2.44. The Morgan fingerprint density at radius 1 is 0.696 bits per heavy atom. The van der Waals surface area contributed by atoms with Crippen molar-refractivity contribution in [2.75, 3.05) is 84.6 Å². The molecule has 4 amide bonds. The van der Waals surface area contributed by atoms with Gasteiger partial charge in [0.25, 0.3) is 11.8 Å². The minimum Gasteiger partial charge on any atom is -0.491 e. The van der Waals surface area contributed by atoms with E-state index in [2.05, 4.69) is 26.7 Å². The number of ether oxygens (including phenoxy) is 7. The minimum absolute atomic E-state index is 0.0606. The number of imide groups is 2. The van der Waals surface area contributed by atoms with Crippen LogP contribution in [0.15, 0.2) is 67.1 Å². The maximum absolute atomic E-state index is 12.9. The zero-order chi connectivity index (χ0) is 39.1. The molecule has 2 aliphatic rings. The van der Waals surface area contributed by atoms with Crippen LogP contribution >= 0.6 is 0 Å². The van der Waals surface area contributed by atoms with Crippen molar-refractivity contribution in [1.29, 1.82) is 0 Å². The van der Waals surface area contributed by atoms with Gasteiger partial charge in [0.05, 0.1) is 77.2 Å². The molecule has 4 heterocycles. The third-order valence-corrected chi connectivity index (χ3v) is 8.85. The summed E-state index contributed by atoms with van der Waals surface area (Å²) in [6, 6.07) is 13.5. The second-order valence-corrected chi connectivity index (χ2v) is 12.8. The normalized spacial score (nSPS) is 15.3. The van der Waals surface area contributed by atoms with Gasteiger partial charge in [-0.1, -0.05) is 6.07 Å². The van der Waals surface area contributed by atoms with Crippen LogP contribution in [0.25, 0.3) is 10.8 Å². The maximum Gasteiger partial charge on any atom is 0.262 e. The molecule has 1 fully saturated rings. The number of piperidine rings is 1. The Morgan fingerprint density at radius 3 is 2.02 bits per heavy atom. The van der Waals surface area contributed by atoms with E-state index in [-0.39, 0.29) is 37.2 Å². The van der Waals surface area contributed by atoms with E-state index in [0.29, 0.717) is 77.6 Å². The third-order valence-electron chi connectivity index (χ3n) is 8.85. The number of aromatic nitrogens is 2. The van der Waals surface area contributed by atoms with Crippen molar-refractivity contribution in [1.82, 2.24) is 20.2 Å². The number of benzene rings is 2. The molecule has 2 aromatic heterocycles. The van der Waals surface area contributed by atoms with Crippen LogP contribution in [-0.4, -0.2) is 124 Å². The summed E-state index contributed by atoms with van der Waals surface area (Å²) >= 11 is 0. The molecule has 0 aliphatic carbocycles. The summed E-state index contributed by atoms with van der Waals surface area (Å²) in [5.41, 5.74) is 2.21. The third kappa shape index (κ3) is 11.0. The highest BCUT2D eigenvalue weighted by atomic mass is 16.6. The van der Waals surface area contributed by atoms with Crippen molar-refractivity contribution in [2.24, 2.45) is 0 Å². The van der Waals surface area contributed by atoms with E-state index in [9.17, 15) is 19.2 Å². The Labute approximate surface area is 323 Å². The van der Waals surface area contributed by atoms with Gasteiger partial charge in [-0.05, 0) is 55.1 Å². The molecule has 56 heavy (non-hydrogen) atoms. The van der Waals surface area contributed by atoms with Gasteiger partial charge in [0, 0.05) is 47.7 Å². The van der Waals surface area contributed by atoms with Crippen LogP contribution < -0.4 is 20.1 Å². The molecule has 16 nitrogen and oxygen atoms in total. The molecule has 0 radical (unpaired) electrons. The standard InChI is InChI=1S/C40H45N5O11/c1-27-25-42-36(43-30-3-2-29-26-41-9-8-28(29)22-30)24-35(27)56-21-19-54-17-15-52-13-11-50-10-12-51-14-16-53-18-20-55-31-4-5-32-33(23-31)40(49)45(39(32)48)34-6-7-37(46)44-38(34)47/h2-5,8-9,22-26,34H,6-7,10-21H2,1H3,(H,42,43)(H,44,46,47). The van der Waals surface area contributed by atoms with Gasteiger partial charge in [-0.15, -0.1) is 0 Å². The fourth-order valence-electron chi connectivity index (χ4n) is 5.99. The second kappa shape index (κ2) is 20.4. The molecule has 0 spiro atoms. The Balaban J connectivity index is 0.726. The van der Waals surface area contributed by atoms with Crippen molar-refractivity contribution < 1.29 is 52.3 Å². The summed E-state index contributed by atoms with van der Waals surface area (Å²) < 4.78 is 39.4. The average molecular weight is 772 g/mol. The largest absolute Gasteiger partial charge is 0.491 e. The molecule has 0 saturated carbocycles. The molecule has 0 bridgehead atoms. The Hall–Kier alpha value is -5.52. The van der Waals surface area contributed by atoms with Gasteiger partial charge in [-0.2, -0.15) is 0 Å². The van der Waals surface area contributed by atoms with Gasteiger partial charge in [0.2, 0.25) is 11.8 Å². The highest BCUT2D eigenvalue weighted by Crippen LogP contribution is 2.30. The number of fused-ring (bicyclic) bond motifs is 2.